The van der Waals surface area contributed by atoms with Crippen LogP contribution in [0.3, 0.4) is 0 Å². The number of anilines is 1. The Morgan fingerprint density at radius 3 is 2.26 bits per heavy atom. The average molecular weight is 595 g/mol. The van der Waals surface area contributed by atoms with E-state index in [1.807, 2.05) is 70.2 Å². The number of nitrogens with zero attached hydrogens (tertiary/aromatic N) is 1. The second-order valence-electron chi connectivity index (χ2n) is 10.9. The van der Waals surface area contributed by atoms with Gasteiger partial charge in [-0.3, -0.25) is 4.55 Å². The number of nitrogens with one attached hydrogen (secondary N) is 1. The Balaban J connectivity index is 2.08. The average Bonchev–Trinajstić information content (AvgIpc) is 2.96. The fourth-order valence-electron chi connectivity index (χ4n) is 5.10. The zero-order valence-electron chi connectivity index (χ0n) is 25.7. The number of hydrogen-bond acceptors (Lipinski definition) is 5. The summed E-state index contributed by atoms with van der Waals surface area (Å²) in [6, 6.07) is 17.8. The van der Waals surface area contributed by atoms with Crippen molar-refractivity contribution in [3.8, 4) is 22.5 Å². The molecule has 0 aromatic heterocycles. The van der Waals surface area contributed by atoms with Gasteiger partial charge in [0.1, 0.15) is 16.2 Å². The molecule has 2 aliphatic rings. The van der Waals surface area contributed by atoms with Crippen LogP contribution in [0.2, 0.25) is 0 Å². The third-order valence-electron chi connectivity index (χ3n) is 7.19. The van der Waals surface area contributed by atoms with E-state index >= 15 is 0 Å². The first-order valence-corrected chi connectivity index (χ1v) is 15.5. The molecular formula is C36H38N2O4S. The van der Waals surface area contributed by atoms with E-state index < -0.39 is 10.1 Å². The molecular weight excluding hydrogens is 556 g/mol. The molecule has 0 spiro atoms. The van der Waals surface area contributed by atoms with Gasteiger partial charge in [-0.15, -0.1) is 0 Å². The van der Waals surface area contributed by atoms with Crippen molar-refractivity contribution >= 4 is 26.8 Å². The van der Waals surface area contributed by atoms with E-state index in [2.05, 4.69) is 38.7 Å². The van der Waals surface area contributed by atoms with Gasteiger partial charge < -0.3 is 9.73 Å². The lowest BCUT2D eigenvalue weighted by Crippen LogP contribution is -2.06. The summed E-state index contributed by atoms with van der Waals surface area (Å²) in [5, 5.41) is 4.90. The second kappa shape index (κ2) is 12.8. The highest BCUT2D eigenvalue weighted by molar-refractivity contribution is 7.86. The van der Waals surface area contributed by atoms with E-state index in [-0.39, 0.29) is 4.90 Å². The minimum absolute atomic E-state index is 0.174. The quantitative estimate of drug-likeness (QED) is 0.120. The summed E-state index contributed by atoms with van der Waals surface area (Å²) in [4.78, 5) is 4.74. The molecule has 0 fully saturated rings. The predicted molar refractivity (Wildman–Crippen MR) is 177 cm³/mol. The van der Waals surface area contributed by atoms with Crippen molar-refractivity contribution in [2.24, 2.45) is 4.99 Å². The van der Waals surface area contributed by atoms with Crippen LogP contribution in [0, 0.1) is 0 Å². The maximum absolute atomic E-state index is 12.5. The normalized spacial score (nSPS) is 12.9. The SMILES string of the molecule is C=C/C=C(/C)C(N=c1ccc2c(-c3ccccc3S(=O)(=O)O)c3ccc(NC(=C(C)C)/C(C)=C\C)cc3oc-2c1)=C(C)C. The maximum Gasteiger partial charge on any atom is 0.295 e. The van der Waals surface area contributed by atoms with Gasteiger partial charge in [0.25, 0.3) is 10.1 Å². The number of benzene rings is 3. The summed E-state index contributed by atoms with van der Waals surface area (Å²) < 4.78 is 41.6. The highest BCUT2D eigenvalue weighted by atomic mass is 32.2. The molecule has 0 saturated carbocycles. The van der Waals surface area contributed by atoms with Crippen LogP contribution in [0.4, 0.5) is 5.69 Å². The van der Waals surface area contributed by atoms with Gasteiger partial charge in [-0.1, -0.05) is 54.2 Å². The molecule has 222 valence electrons. The molecule has 0 bridgehead atoms. The number of rotatable bonds is 8. The number of allylic oxidation sites excluding steroid dienone is 7. The van der Waals surface area contributed by atoms with Gasteiger partial charge in [-0.2, -0.15) is 8.42 Å². The first-order chi connectivity index (χ1) is 20.3. The molecule has 43 heavy (non-hydrogen) atoms. The third-order valence-corrected chi connectivity index (χ3v) is 8.10. The predicted octanol–water partition coefficient (Wildman–Crippen LogP) is 9.45. The number of hydrogen-bond donors (Lipinski definition) is 2. The lowest BCUT2D eigenvalue weighted by Gasteiger charge is -2.19. The van der Waals surface area contributed by atoms with Crippen molar-refractivity contribution in [1.82, 2.24) is 0 Å². The van der Waals surface area contributed by atoms with E-state index in [0.717, 1.165) is 39.4 Å². The molecule has 1 aliphatic heterocycles. The smallest absolute Gasteiger partial charge is 0.295 e. The topological polar surface area (TPSA) is 91.9 Å². The van der Waals surface area contributed by atoms with Gasteiger partial charge in [0.15, 0.2) is 0 Å². The van der Waals surface area contributed by atoms with Crippen molar-refractivity contribution < 1.29 is 17.4 Å². The van der Waals surface area contributed by atoms with E-state index in [0.29, 0.717) is 38.8 Å². The molecule has 7 heteroatoms. The molecule has 0 amide bonds. The summed E-state index contributed by atoms with van der Waals surface area (Å²) >= 11 is 0. The Hall–Kier alpha value is -4.46. The Kier molecular flexibility index (Phi) is 9.38. The maximum atomic E-state index is 12.5. The van der Waals surface area contributed by atoms with Crippen LogP contribution in [-0.4, -0.2) is 13.0 Å². The molecule has 1 heterocycles. The highest BCUT2D eigenvalue weighted by Gasteiger charge is 2.23. The standard InChI is InChI=1S/C36H38N2O4S/c1-9-13-25(8)36(23(5)6)38-27-17-19-29-32(21-27)42-31-20-26(37-35(22(3)4)24(7)10-2)16-18-28(31)34(29)30-14-11-12-15-33(30)43(39,40)41/h9-21,37H,1H2,2-8H3,(H,39,40,41)/b24-10-,25-13-,38-27?. The van der Waals surface area contributed by atoms with Gasteiger partial charge in [-0.25, -0.2) is 4.99 Å². The largest absolute Gasteiger partial charge is 0.456 e. The first-order valence-electron chi connectivity index (χ1n) is 14.0. The zero-order valence-corrected chi connectivity index (χ0v) is 26.6. The van der Waals surface area contributed by atoms with Gasteiger partial charge in [-0.05, 0) is 89.9 Å². The molecule has 1 aliphatic carbocycles. The lowest BCUT2D eigenvalue weighted by atomic mass is 9.93. The fourth-order valence-corrected chi connectivity index (χ4v) is 5.80. The zero-order chi connectivity index (χ0) is 31.5. The van der Waals surface area contributed by atoms with Gasteiger partial charge in [0, 0.05) is 45.6 Å². The Bertz CT molecular complexity index is 2000. The van der Waals surface area contributed by atoms with E-state index in [1.165, 1.54) is 6.07 Å². The monoisotopic (exact) mass is 594 g/mol. The second-order valence-corrected chi connectivity index (χ2v) is 12.2. The van der Waals surface area contributed by atoms with Crippen molar-refractivity contribution in [2.75, 3.05) is 5.32 Å². The van der Waals surface area contributed by atoms with Gasteiger partial charge in [0.2, 0.25) is 0 Å². The van der Waals surface area contributed by atoms with Crippen LogP contribution in [0.5, 0.6) is 0 Å². The third kappa shape index (κ3) is 6.79. The van der Waals surface area contributed by atoms with Crippen molar-refractivity contribution in [3.05, 3.63) is 125 Å². The minimum Gasteiger partial charge on any atom is -0.456 e. The molecule has 2 N–H and O–H groups in total. The molecule has 0 radical (unpaired) electrons. The summed E-state index contributed by atoms with van der Waals surface area (Å²) in [7, 11) is -4.51. The summed E-state index contributed by atoms with van der Waals surface area (Å²) in [6.45, 7) is 18.0. The Labute approximate surface area is 254 Å². The van der Waals surface area contributed by atoms with Crippen LogP contribution in [0.1, 0.15) is 48.5 Å². The minimum atomic E-state index is -4.51. The van der Waals surface area contributed by atoms with E-state index in [1.54, 1.807) is 24.3 Å². The molecule has 0 atom stereocenters. The summed E-state index contributed by atoms with van der Waals surface area (Å²) in [5.41, 5.74) is 9.21. The van der Waals surface area contributed by atoms with Crippen molar-refractivity contribution in [2.45, 2.75) is 53.4 Å². The van der Waals surface area contributed by atoms with E-state index in [9.17, 15) is 13.0 Å². The fraction of sp³-hybridized carbons (Fsp3) is 0.194. The van der Waals surface area contributed by atoms with Gasteiger partial charge >= 0.3 is 0 Å². The first kappa shape index (κ1) is 31.5. The van der Waals surface area contributed by atoms with Crippen LogP contribution >= 0.6 is 0 Å². The van der Waals surface area contributed by atoms with Crippen LogP contribution in [0.25, 0.3) is 33.4 Å². The van der Waals surface area contributed by atoms with Gasteiger partial charge in [0.05, 0.1) is 11.1 Å². The van der Waals surface area contributed by atoms with E-state index in [4.69, 9.17) is 9.41 Å². The number of fused-ring (bicyclic) bond motifs is 2. The molecule has 4 rings (SSSR count). The summed E-state index contributed by atoms with van der Waals surface area (Å²) in [5.74, 6) is 0.525. The van der Waals surface area contributed by atoms with Crippen LogP contribution in [0.15, 0.2) is 133 Å². The summed E-state index contributed by atoms with van der Waals surface area (Å²) in [6.07, 6.45) is 5.70. The molecule has 0 unspecified atom stereocenters. The molecule has 2 aromatic carbocycles. The van der Waals surface area contributed by atoms with Crippen molar-refractivity contribution in [3.63, 3.8) is 0 Å². The van der Waals surface area contributed by atoms with Crippen molar-refractivity contribution in [1.29, 1.82) is 0 Å². The molecule has 0 saturated heterocycles. The Morgan fingerprint density at radius 2 is 1.63 bits per heavy atom. The van der Waals surface area contributed by atoms with Crippen LogP contribution < -0.4 is 10.7 Å². The van der Waals surface area contributed by atoms with Crippen LogP contribution in [-0.2, 0) is 10.1 Å². The molecule has 6 nitrogen and oxygen atoms in total. The Morgan fingerprint density at radius 1 is 0.907 bits per heavy atom. The molecule has 2 aromatic rings. The lowest BCUT2D eigenvalue weighted by molar-refractivity contribution is 0.483. The highest BCUT2D eigenvalue weighted by Crippen LogP contribution is 2.42.